The van der Waals surface area contributed by atoms with Crippen molar-refractivity contribution >= 4 is 11.8 Å². The van der Waals surface area contributed by atoms with Gasteiger partial charge in [-0.15, -0.1) is 0 Å². The van der Waals surface area contributed by atoms with E-state index in [-0.39, 0.29) is 0 Å². The summed E-state index contributed by atoms with van der Waals surface area (Å²) in [4.78, 5) is 22.9. The van der Waals surface area contributed by atoms with Gasteiger partial charge in [-0.1, -0.05) is 0 Å². The van der Waals surface area contributed by atoms with E-state index in [9.17, 15) is 9.90 Å². The molecule has 0 bridgehead atoms. The predicted octanol–water partition coefficient (Wildman–Crippen LogP) is 1.75. The fourth-order valence-corrected chi connectivity index (χ4v) is 3.42. The van der Waals surface area contributed by atoms with Gasteiger partial charge >= 0.3 is 5.97 Å². The van der Waals surface area contributed by atoms with Crippen LogP contribution >= 0.6 is 0 Å². The van der Waals surface area contributed by atoms with E-state index in [0.29, 0.717) is 49.9 Å². The average molecular weight is 329 g/mol. The number of aromatic carboxylic acids is 1. The molecule has 0 atom stereocenters. The Bertz CT molecular complexity index is 799. The Morgan fingerprint density at radius 3 is 2.88 bits per heavy atom. The van der Waals surface area contributed by atoms with E-state index in [1.54, 1.807) is 6.07 Å². The largest absolute Gasteiger partial charge is 0.478 e. The van der Waals surface area contributed by atoms with Crippen molar-refractivity contribution in [2.75, 3.05) is 24.7 Å². The molecule has 0 fully saturated rings. The van der Waals surface area contributed by atoms with Crippen LogP contribution < -0.4 is 4.90 Å². The summed E-state index contributed by atoms with van der Waals surface area (Å²) < 4.78 is 11.1. The third kappa shape index (κ3) is 2.65. The highest BCUT2D eigenvalue weighted by atomic mass is 16.5. The van der Waals surface area contributed by atoms with Crippen LogP contribution in [0.1, 0.15) is 39.0 Å². The smallest absolute Gasteiger partial charge is 0.336 e. The fourth-order valence-electron chi connectivity index (χ4n) is 3.42. The number of carboxylic acid groups (broad SMARTS) is 1. The summed E-state index contributed by atoms with van der Waals surface area (Å²) in [6.07, 6.45) is 1.99. The van der Waals surface area contributed by atoms with Gasteiger partial charge in [0.15, 0.2) is 5.89 Å². The molecule has 4 heterocycles. The second kappa shape index (κ2) is 5.90. The number of aryl methyl sites for hydroxylation is 1. The van der Waals surface area contributed by atoms with Crippen LogP contribution in [0.15, 0.2) is 10.5 Å². The number of hydrogen-bond acceptors (Lipinski definition) is 6. The Morgan fingerprint density at radius 2 is 2.04 bits per heavy atom. The summed E-state index contributed by atoms with van der Waals surface area (Å²) >= 11 is 0. The van der Waals surface area contributed by atoms with Gasteiger partial charge in [-0.2, -0.15) is 0 Å². The van der Waals surface area contributed by atoms with Crippen LogP contribution in [0.2, 0.25) is 0 Å². The first kappa shape index (κ1) is 15.1. The molecular weight excluding hydrogens is 310 g/mol. The van der Waals surface area contributed by atoms with Gasteiger partial charge in [-0.25, -0.2) is 14.8 Å². The molecule has 126 valence electrons. The first-order valence-corrected chi connectivity index (χ1v) is 8.16. The zero-order valence-electron chi connectivity index (χ0n) is 13.5. The molecule has 0 spiro atoms. The van der Waals surface area contributed by atoms with Crippen molar-refractivity contribution in [1.82, 2.24) is 9.97 Å². The maximum absolute atomic E-state index is 11.7. The van der Waals surface area contributed by atoms with E-state index >= 15 is 0 Å². The number of carboxylic acids is 1. The lowest BCUT2D eigenvalue weighted by Gasteiger charge is -2.27. The Morgan fingerprint density at radius 1 is 1.21 bits per heavy atom. The molecule has 2 aromatic heterocycles. The van der Waals surface area contributed by atoms with Crippen LogP contribution in [0, 0.1) is 6.92 Å². The van der Waals surface area contributed by atoms with Gasteiger partial charge in [0.2, 0.25) is 0 Å². The normalized spacial score (nSPS) is 17.1. The van der Waals surface area contributed by atoms with Crippen LogP contribution in [0.25, 0.3) is 0 Å². The minimum atomic E-state index is -0.910. The second-order valence-corrected chi connectivity index (χ2v) is 6.15. The number of aromatic nitrogens is 2. The number of oxazole rings is 1. The molecule has 4 rings (SSSR count). The number of fused-ring (bicyclic) bond motifs is 2. The van der Waals surface area contributed by atoms with E-state index in [1.165, 1.54) is 0 Å². The summed E-state index contributed by atoms with van der Waals surface area (Å²) in [6.45, 7) is 4.29. The number of carbonyl (C=O) groups is 1. The third-order valence-corrected chi connectivity index (χ3v) is 4.57. The van der Waals surface area contributed by atoms with Gasteiger partial charge in [0, 0.05) is 32.0 Å². The van der Waals surface area contributed by atoms with Gasteiger partial charge in [0.25, 0.3) is 0 Å². The second-order valence-electron chi connectivity index (χ2n) is 6.15. The number of anilines is 1. The van der Waals surface area contributed by atoms with Gasteiger partial charge in [-0.05, 0) is 18.1 Å². The lowest BCUT2D eigenvalue weighted by atomic mass is 10.0. The summed E-state index contributed by atoms with van der Waals surface area (Å²) in [5, 5.41) is 9.60. The van der Waals surface area contributed by atoms with Gasteiger partial charge < -0.3 is 19.2 Å². The Hall–Kier alpha value is -2.41. The quantitative estimate of drug-likeness (QED) is 0.898. The van der Waals surface area contributed by atoms with E-state index in [4.69, 9.17) is 14.1 Å². The first-order valence-electron chi connectivity index (χ1n) is 8.16. The van der Waals surface area contributed by atoms with Crippen LogP contribution in [0.3, 0.4) is 0 Å². The van der Waals surface area contributed by atoms with Crippen molar-refractivity contribution < 1.29 is 19.1 Å². The van der Waals surface area contributed by atoms with Crippen LogP contribution in [0.4, 0.5) is 5.82 Å². The third-order valence-electron chi connectivity index (χ3n) is 4.57. The topological polar surface area (TPSA) is 88.7 Å². The number of ether oxygens (including phenoxy) is 1. The molecule has 0 amide bonds. The molecule has 2 aliphatic heterocycles. The molecule has 0 radical (unpaired) electrons. The molecule has 24 heavy (non-hydrogen) atoms. The van der Waals surface area contributed by atoms with Crippen LogP contribution in [-0.4, -0.2) is 40.8 Å². The molecule has 0 aliphatic carbocycles. The monoisotopic (exact) mass is 329 g/mol. The highest BCUT2D eigenvalue weighted by Crippen LogP contribution is 2.27. The molecule has 0 unspecified atom stereocenters. The van der Waals surface area contributed by atoms with E-state index in [0.717, 1.165) is 35.7 Å². The van der Waals surface area contributed by atoms with E-state index < -0.39 is 5.97 Å². The highest BCUT2D eigenvalue weighted by Gasteiger charge is 2.25. The highest BCUT2D eigenvalue weighted by molar-refractivity contribution is 5.90. The summed E-state index contributed by atoms with van der Waals surface area (Å²) in [5.74, 6) is 1.37. The molecule has 2 aliphatic rings. The molecular formula is C17H19N3O4. The molecule has 1 N–H and O–H groups in total. The number of rotatable bonds is 2. The van der Waals surface area contributed by atoms with Crippen molar-refractivity contribution in [3.05, 3.63) is 40.2 Å². The standard InChI is InChI=1S/C17H19N3O4/c1-10-18-14-9-20(5-2-15(14)24-10)16-8-12(17(21)22)11-3-6-23-7-4-13(11)19-16/h8H,2-7,9H2,1H3,(H,21,22). The Balaban J connectivity index is 1.72. The Kier molecular flexibility index (Phi) is 3.72. The van der Waals surface area contributed by atoms with Crippen LogP contribution in [0.5, 0.6) is 0 Å². The minimum Gasteiger partial charge on any atom is -0.478 e. The zero-order chi connectivity index (χ0) is 16.7. The predicted molar refractivity (Wildman–Crippen MR) is 85.4 cm³/mol. The number of hydrogen-bond donors (Lipinski definition) is 1. The Labute approximate surface area is 139 Å². The van der Waals surface area contributed by atoms with E-state index in [2.05, 4.69) is 9.88 Å². The fraction of sp³-hybridized carbons (Fsp3) is 0.471. The van der Waals surface area contributed by atoms with Gasteiger partial charge in [0.05, 0.1) is 25.3 Å². The zero-order valence-corrected chi connectivity index (χ0v) is 13.5. The average Bonchev–Trinajstić information content (AvgIpc) is 2.77. The first-order chi connectivity index (χ1) is 11.6. The molecule has 0 saturated heterocycles. The van der Waals surface area contributed by atoms with E-state index in [1.807, 2.05) is 6.92 Å². The molecule has 2 aromatic rings. The number of pyridine rings is 1. The maximum atomic E-state index is 11.7. The van der Waals surface area contributed by atoms with Gasteiger partial charge in [-0.3, -0.25) is 0 Å². The van der Waals surface area contributed by atoms with Gasteiger partial charge in [0.1, 0.15) is 17.3 Å². The van der Waals surface area contributed by atoms with Crippen molar-refractivity contribution in [3.8, 4) is 0 Å². The lowest BCUT2D eigenvalue weighted by molar-refractivity contribution is 0.0695. The molecule has 7 heteroatoms. The lowest BCUT2D eigenvalue weighted by Crippen LogP contribution is -2.31. The summed E-state index contributed by atoms with van der Waals surface area (Å²) in [5.41, 5.74) is 2.89. The van der Waals surface area contributed by atoms with Crippen molar-refractivity contribution in [2.24, 2.45) is 0 Å². The van der Waals surface area contributed by atoms with Crippen molar-refractivity contribution in [3.63, 3.8) is 0 Å². The molecule has 0 aromatic carbocycles. The summed E-state index contributed by atoms with van der Waals surface area (Å²) in [7, 11) is 0. The van der Waals surface area contributed by atoms with Crippen molar-refractivity contribution in [2.45, 2.75) is 32.7 Å². The summed E-state index contributed by atoms with van der Waals surface area (Å²) in [6, 6.07) is 1.68. The molecule has 7 nitrogen and oxygen atoms in total. The maximum Gasteiger partial charge on any atom is 0.336 e. The van der Waals surface area contributed by atoms with Crippen molar-refractivity contribution in [1.29, 1.82) is 0 Å². The van der Waals surface area contributed by atoms with Crippen LogP contribution in [-0.2, 0) is 30.5 Å². The number of nitrogens with zero attached hydrogens (tertiary/aromatic N) is 3. The minimum absolute atomic E-state index is 0.336. The SMILES string of the molecule is Cc1nc2c(o1)CCN(c1cc(C(=O)O)c3c(n1)CCOCC3)C2. The molecule has 0 saturated carbocycles.